The zero-order chi connectivity index (χ0) is 21.2. The minimum Gasteiger partial charge on any atom is -0.279 e. The Balaban J connectivity index is 2.76. The lowest BCUT2D eigenvalue weighted by atomic mass is 10.2. The normalized spacial score (nSPS) is 12.2. The largest absolute Gasteiger partial charge is 0.279 e. The van der Waals surface area contributed by atoms with E-state index in [0.29, 0.717) is 4.31 Å². The smallest absolute Gasteiger partial charge is 0.271 e. The Kier molecular flexibility index (Phi) is 6.22. The molecule has 0 aliphatic heterocycles. The lowest BCUT2D eigenvalue weighted by molar-refractivity contribution is -0.385. The molecule has 0 bridgehead atoms. The highest BCUT2D eigenvalue weighted by atomic mass is 35.5. The summed E-state index contributed by atoms with van der Waals surface area (Å²) in [6.07, 6.45) is 0. The lowest BCUT2D eigenvalue weighted by Crippen LogP contribution is -2.42. The first-order chi connectivity index (χ1) is 13.0. The van der Waals surface area contributed by atoms with E-state index in [1.54, 1.807) is 0 Å². The maximum absolute atomic E-state index is 13.2. The Morgan fingerprint density at radius 1 is 1.07 bits per heavy atom. The number of hydrogen-bond acceptors (Lipinski definition) is 7. The Hall–Kier alpha value is -2.76. The zero-order valence-electron chi connectivity index (χ0n) is 14.0. The SMILES string of the molecule is CC(C(=O)Cl)N(c1cc([N+](=O)[O-])ccc1Cl)S(=O)(=O)c1cccc([N+](=O)[O-])c1. The minimum absolute atomic E-state index is 0.204. The van der Waals surface area contributed by atoms with Gasteiger partial charge in [-0.25, -0.2) is 8.42 Å². The van der Waals surface area contributed by atoms with Gasteiger partial charge in [-0.2, -0.15) is 0 Å². The number of carbonyl (C=O) groups excluding carboxylic acids is 1. The van der Waals surface area contributed by atoms with E-state index in [9.17, 15) is 33.4 Å². The molecule has 0 spiro atoms. The van der Waals surface area contributed by atoms with Crippen LogP contribution in [0.2, 0.25) is 5.02 Å². The van der Waals surface area contributed by atoms with E-state index in [1.807, 2.05) is 0 Å². The van der Waals surface area contributed by atoms with Gasteiger partial charge in [0.25, 0.3) is 21.4 Å². The van der Waals surface area contributed by atoms with Crippen molar-refractivity contribution in [3.05, 3.63) is 67.7 Å². The van der Waals surface area contributed by atoms with Crippen molar-refractivity contribution in [2.24, 2.45) is 0 Å². The Bertz CT molecular complexity index is 1080. The molecule has 0 amide bonds. The van der Waals surface area contributed by atoms with Crippen LogP contribution in [-0.2, 0) is 14.8 Å². The molecule has 2 aromatic rings. The maximum Gasteiger partial charge on any atom is 0.271 e. The monoisotopic (exact) mass is 447 g/mol. The number of sulfonamides is 1. The van der Waals surface area contributed by atoms with Gasteiger partial charge in [0.05, 0.1) is 25.5 Å². The summed E-state index contributed by atoms with van der Waals surface area (Å²) in [6, 6.07) is 5.60. The third kappa shape index (κ3) is 4.21. The summed E-state index contributed by atoms with van der Waals surface area (Å²) in [7, 11) is -4.60. The summed E-state index contributed by atoms with van der Waals surface area (Å²) in [5, 5.41) is 20.7. The number of rotatable bonds is 7. The van der Waals surface area contributed by atoms with Gasteiger partial charge in [0.15, 0.2) is 0 Å². The van der Waals surface area contributed by atoms with Gasteiger partial charge in [-0.1, -0.05) is 17.7 Å². The van der Waals surface area contributed by atoms with Crippen LogP contribution in [0.1, 0.15) is 6.92 Å². The molecule has 148 valence electrons. The first kappa shape index (κ1) is 21.5. The van der Waals surface area contributed by atoms with Crippen molar-refractivity contribution in [2.45, 2.75) is 17.9 Å². The summed E-state index contributed by atoms with van der Waals surface area (Å²) in [6.45, 7) is 1.15. The van der Waals surface area contributed by atoms with E-state index in [4.69, 9.17) is 23.2 Å². The molecule has 2 aromatic carbocycles. The van der Waals surface area contributed by atoms with Crippen LogP contribution in [0.5, 0.6) is 0 Å². The minimum atomic E-state index is -4.60. The van der Waals surface area contributed by atoms with E-state index >= 15 is 0 Å². The molecule has 1 atom stereocenters. The molecule has 1 unspecified atom stereocenters. The Morgan fingerprint density at radius 3 is 2.18 bits per heavy atom. The first-order valence-electron chi connectivity index (χ1n) is 7.39. The van der Waals surface area contributed by atoms with Crippen molar-refractivity contribution >= 4 is 55.5 Å². The van der Waals surface area contributed by atoms with Crippen molar-refractivity contribution < 1.29 is 23.1 Å². The second kappa shape index (κ2) is 8.09. The van der Waals surface area contributed by atoms with Gasteiger partial charge < -0.3 is 0 Å². The van der Waals surface area contributed by atoms with E-state index in [0.717, 1.165) is 49.4 Å². The first-order valence-corrected chi connectivity index (χ1v) is 9.58. The second-order valence-electron chi connectivity index (χ2n) is 5.43. The number of nitrogens with zero attached hydrogens (tertiary/aromatic N) is 3. The van der Waals surface area contributed by atoms with Gasteiger partial charge >= 0.3 is 0 Å². The third-order valence-electron chi connectivity index (χ3n) is 3.64. The van der Waals surface area contributed by atoms with Crippen molar-refractivity contribution in [2.75, 3.05) is 4.31 Å². The summed E-state index contributed by atoms with van der Waals surface area (Å²) in [4.78, 5) is 31.7. The number of halogens is 2. The van der Waals surface area contributed by atoms with E-state index < -0.39 is 47.4 Å². The van der Waals surface area contributed by atoms with E-state index in [-0.39, 0.29) is 10.7 Å². The molecule has 10 nitrogen and oxygen atoms in total. The number of hydrogen-bond donors (Lipinski definition) is 0. The molecule has 0 aliphatic carbocycles. The summed E-state index contributed by atoms with van der Waals surface area (Å²) in [5.74, 6) is 0. The predicted octanol–water partition coefficient (Wildman–Crippen LogP) is 3.51. The average molecular weight is 448 g/mol. The van der Waals surface area contributed by atoms with Gasteiger partial charge in [0.2, 0.25) is 5.24 Å². The fourth-order valence-corrected chi connectivity index (χ4v) is 4.38. The van der Waals surface area contributed by atoms with E-state index in [2.05, 4.69) is 0 Å². The average Bonchev–Trinajstić information content (AvgIpc) is 2.62. The molecule has 28 heavy (non-hydrogen) atoms. The molecule has 0 aromatic heterocycles. The lowest BCUT2D eigenvalue weighted by Gasteiger charge is -2.28. The number of non-ortho nitro benzene ring substituents is 2. The number of nitro groups is 2. The molecule has 0 radical (unpaired) electrons. The second-order valence-corrected chi connectivity index (χ2v) is 8.02. The van der Waals surface area contributed by atoms with Crippen LogP contribution in [0.4, 0.5) is 17.1 Å². The number of carbonyl (C=O) groups is 1. The summed E-state index contributed by atoms with van der Waals surface area (Å²) >= 11 is 11.5. The molecule has 13 heteroatoms. The standard InChI is InChI=1S/C15H11Cl2N3O7S/c1-9(15(17)21)18(14-8-11(20(24)25)5-6-13(14)16)28(26,27)12-4-2-3-10(7-12)19(22)23/h2-9H,1H3. The van der Waals surface area contributed by atoms with Crippen molar-refractivity contribution in [1.82, 2.24) is 0 Å². The van der Waals surface area contributed by atoms with Crippen LogP contribution in [0.15, 0.2) is 47.4 Å². The number of benzene rings is 2. The molecule has 2 rings (SSSR count). The number of nitro benzene ring substituents is 2. The Morgan fingerprint density at radius 2 is 1.64 bits per heavy atom. The molecular weight excluding hydrogens is 437 g/mol. The molecule has 0 fully saturated rings. The van der Waals surface area contributed by atoms with Crippen molar-refractivity contribution in [1.29, 1.82) is 0 Å². The fourth-order valence-electron chi connectivity index (χ4n) is 2.29. The van der Waals surface area contributed by atoms with Crippen molar-refractivity contribution in [3.8, 4) is 0 Å². The summed E-state index contributed by atoms with van der Waals surface area (Å²) in [5.41, 5.74) is -1.35. The summed E-state index contributed by atoms with van der Waals surface area (Å²) < 4.78 is 26.8. The fraction of sp³-hybridized carbons (Fsp3) is 0.133. The van der Waals surface area contributed by atoms with Crippen LogP contribution in [0, 0.1) is 20.2 Å². The van der Waals surface area contributed by atoms with E-state index in [1.165, 1.54) is 0 Å². The van der Waals surface area contributed by atoms with Crippen LogP contribution in [0.25, 0.3) is 0 Å². The molecule has 0 saturated carbocycles. The van der Waals surface area contributed by atoms with Gasteiger partial charge in [0, 0.05) is 24.3 Å². The maximum atomic E-state index is 13.2. The van der Waals surface area contributed by atoms with Crippen LogP contribution >= 0.6 is 23.2 Å². The third-order valence-corrected chi connectivity index (χ3v) is 6.16. The van der Waals surface area contributed by atoms with Crippen molar-refractivity contribution in [3.63, 3.8) is 0 Å². The molecule has 0 N–H and O–H groups in total. The van der Waals surface area contributed by atoms with Gasteiger partial charge in [-0.05, 0) is 30.7 Å². The predicted molar refractivity (Wildman–Crippen MR) is 101 cm³/mol. The van der Waals surface area contributed by atoms with Gasteiger partial charge in [-0.3, -0.25) is 29.3 Å². The highest BCUT2D eigenvalue weighted by Gasteiger charge is 2.35. The molecule has 0 saturated heterocycles. The quantitative estimate of drug-likeness (QED) is 0.359. The highest BCUT2D eigenvalue weighted by Crippen LogP contribution is 2.36. The van der Waals surface area contributed by atoms with Crippen LogP contribution in [-0.4, -0.2) is 29.5 Å². The molecular formula is C15H11Cl2N3O7S. The number of anilines is 1. The molecule has 0 heterocycles. The molecule has 0 aliphatic rings. The zero-order valence-corrected chi connectivity index (χ0v) is 16.3. The Labute approximate surface area is 168 Å². The topological polar surface area (TPSA) is 141 Å². The van der Waals surface area contributed by atoms with Gasteiger partial charge in [0.1, 0.15) is 6.04 Å². The van der Waals surface area contributed by atoms with Crippen LogP contribution in [0.3, 0.4) is 0 Å². The highest BCUT2D eigenvalue weighted by molar-refractivity contribution is 7.93. The van der Waals surface area contributed by atoms with Gasteiger partial charge in [-0.15, -0.1) is 0 Å². The van der Waals surface area contributed by atoms with Crippen LogP contribution < -0.4 is 4.31 Å².